The van der Waals surface area contributed by atoms with Crippen LogP contribution in [0.1, 0.15) is 0 Å². The van der Waals surface area contributed by atoms with Gasteiger partial charge in [0.25, 0.3) is 0 Å². The van der Waals surface area contributed by atoms with Crippen molar-refractivity contribution in [2.24, 2.45) is 0 Å². The zero-order valence-corrected chi connectivity index (χ0v) is 13.5. The van der Waals surface area contributed by atoms with E-state index in [1.54, 1.807) is 18.2 Å². The Labute approximate surface area is 135 Å². The molecule has 0 bridgehead atoms. The molecule has 0 aliphatic rings. The minimum atomic E-state index is -3.16. The van der Waals surface area contributed by atoms with Crippen molar-refractivity contribution in [2.75, 3.05) is 0 Å². The summed E-state index contributed by atoms with van der Waals surface area (Å²) in [6.07, 6.45) is -3.16. The summed E-state index contributed by atoms with van der Waals surface area (Å²) in [5, 5.41) is 16.8. The smallest absolute Gasteiger partial charge is 0.476 e. The fraction of sp³-hybridized carbons (Fsp3) is 0. The summed E-state index contributed by atoms with van der Waals surface area (Å²) in [7, 11) is 0. The first kappa shape index (κ1) is 13.2. The largest absolute Gasteiger partial charge is 1.00 e. The van der Waals surface area contributed by atoms with Gasteiger partial charge in [-0.2, -0.15) is 0 Å². The second-order valence-electron chi connectivity index (χ2n) is 2.43. The Morgan fingerprint density at radius 1 is 1.08 bits per heavy atom. The predicted octanol–water partition coefficient (Wildman–Crippen LogP) is -2.06. The van der Waals surface area contributed by atoms with Crippen LogP contribution in [0.2, 0.25) is 0 Å². The molecule has 0 amide bonds. The Morgan fingerprint density at radius 2 is 1.54 bits per heavy atom. The van der Waals surface area contributed by atoms with Crippen LogP contribution in [0, 0.1) is 22.5 Å². The van der Waals surface area contributed by atoms with E-state index in [4.69, 9.17) is 10.5 Å². The van der Waals surface area contributed by atoms with Crippen molar-refractivity contribution in [3.8, 4) is 11.9 Å². The standard InChI is InChI=1S/C8H5BFN2.Cs/c10-9(6-11,7-12)8-4-2-1-3-5-8;/h1-5H;/q-1;+1. The molecule has 0 aromatic heterocycles. The van der Waals surface area contributed by atoms with Gasteiger partial charge in [0.05, 0.1) is 0 Å². The van der Waals surface area contributed by atoms with E-state index in [-0.39, 0.29) is 74.4 Å². The summed E-state index contributed by atoms with van der Waals surface area (Å²) >= 11 is 0. The van der Waals surface area contributed by atoms with Crippen LogP contribution in [-0.2, 0) is 0 Å². The summed E-state index contributed by atoms with van der Waals surface area (Å²) in [5.74, 6) is 2.76. The van der Waals surface area contributed by atoms with Crippen molar-refractivity contribution in [1.29, 1.82) is 10.5 Å². The Morgan fingerprint density at radius 3 is 1.92 bits per heavy atom. The second kappa shape index (κ2) is 5.87. The van der Waals surface area contributed by atoms with Gasteiger partial charge in [0.15, 0.2) is 0 Å². The van der Waals surface area contributed by atoms with Crippen LogP contribution in [0.5, 0.6) is 0 Å². The van der Waals surface area contributed by atoms with Crippen molar-refractivity contribution >= 4 is 11.9 Å². The molecule has 58 valence electrons. The Balaban J connectivity index is 0.00000144. The molecule has 0 saturated carbocycles. The third-order valence-electron chi connectivity index (χ3n) is 1.61. The topological polar surface area (TPSA) is 47.6 Å². The third-order valence-corrected chi connectivity index (χ3v) is 1.61. The van der Waals surface area contributed by atoms with Crippen LogP contribution < -0.4 is 74.4 Å². The molecule has 0 fully saturated rings. The van der Waals surface area contributed by atoms with E-state index in [9.17, 15) is 4.32 Å². The molecule has 0 saturated heterocycles. The first-order valence-electron chi connectivity index (χ1n) is 3.44. The van der Waals surface area contributed by atoms with Gasteiger partial charge in [0.2, 0.25) is 0 Å². The molecular formula is C8H5BCsFN2. The maximum Gasteiger partial charge on any atom is 1.00 e. The molecule has 1 aromatic carbocycles. The molecule has 0 radical (unpaired) electrons. The zero-order chi connectivity index (χ0) is 9.03. The molecule has 0 N–H and O–H groups in total. The van der Waals surface area contributed by atoms with Crippen molar-refractivity contribution in [2.45, 2.75) is 0 Å². The third kappa shape index (κ3) is 3.14. The SMILES string of the molecule is N#C[B-](F)(C#N)c1ccccc1.[Cs+]. The predicted molar refractivity (Wildman–Crippen MR) is 44.2 cm³/mol. The Bertz CT molecular complexity index is 341. The molecular weight excluding hydrogens is 287 g/mol. The molecule has 0 spiro atoms. The van der Waals surface area contributed by atoms with E-state index in [0.29, 0.717) is 0 Å². The minimum absolute atomic E-state index is 0. The van der Waals surface area contributed by atoms with Crippen molar-refractivity contribution in [3.63, 3.8) is 0 Å². The minimum Gasteiger partial charge on any atom is -0.476 e. The summed E-state index contributed by atoms with van der Waals surface area (Å²) in [5.41, 5.74) is 0.141. The van der Waals surface area contributed by atoms with Crippen LogP contribution in [0.3, 0.4) is 0 Å². The summed E-state index contributed by atoms with van der Waals surface area (Å²) < 4.78 is 13.3. The zero-order valence-electron chi connectivity index (χ0n) is 7.24. The maximum atomic E-state index is 13.3. The van der Waals surface area contributed by atoms with Gasteiger partial charge in [-0.1, -0.05) is 42.3 Å². The van der Waals surface area contributed by atoms with E-state index in [1.807, 2.05) is 0 Å². The van der Waals surface area contributed by atoms with E-state index in [2.05, 4.69) is 0 Å². The molecule has 5 heteroatoms. The van der Waals surface area contributed by atoms with E-state index >= 15 is 0 Å². The molecule has 2 nitrogen and oxygen atoms in total. The van der Waals surface area contributed by atoms with E-state index < -0.39 is 6.42 Å². The fourth-order valence-electron chi connectivity index (χ4n) is 0.896. The molecule has 0 heterocycles. The first-order chi connectivity index (χ1) is 5.73. The van der Waals surface area contributed by atoms with Gasteiger partial charge in [-0.15, -0.1) is 5.46 Å². The van der Waals surface area contributed by atoms with E-state index in [1.165, 1.54) is 24.1 Å². The van der Waals surface area contributed by atoms with Gasteiger partial charge < -0.3 is 4.32 Å². The van der Waals surface area contributed by atoms with Gasteiger partial charge in [0.1, 0.15) is 0 Å². The maximum absolute atomic E-state index is 13.3. The first-order valence-corrected chi connectivity index (χ1v) is 3.44. The number of nitrogens with zero attached hydrogens (tertiary/aromatic N) is 2. The van der Waals surface area contributed by atoms with Crippen molar-refractivity contribution in [1.82, 2.24) is 0 Å². The molecule has 13 heavy (non-hydrogen) atoms. The van der Waals surface area contributed by atoms with Gasteiger partial charge in [-0.3, -0.25) is 0 Å². The van der Waals surface area contributed by atoms with Crippen LogP contribution in [-0.4, -0.2) is 6.42 Å². The summed E-state index contributed by atoms with van der Waals surface area (Å²) in [4.78, 5) is 0. The van der Waals surface area contributed by atoms with Crippen molar-refractivity contribution in [3.05, 3.63) is 30.3 Å². The van der Waals surface area contributed by atoms with Crippen LogP contribution in [0.15, 0.2) is 30.3 Å². The van der Waals surface area contributed by atoms with E-state index in [0.717, 1.165) is 0 Å². The molecule has 0 aliphatic carbocycles. The van der Waals surface area contributed by atoms with Crippen LogP contribution in [0.25, 0.3) is 0 Å². The number of halogens is 1. The average Bonchev–Trinajstić information content (AvgIpc) is 2.18. The average molecular weight is 292 g/mol. The molecule has 0 atom stereocenters. The van der Waals surface area contributed by atoms with Crippen LogP contribution in [0.4, 0.5) is 4.32 Å². The monoisotopic (exact) mass is 292 g/mol. The van der Waals surface area contributed by atoms with Crippen LogP contribution >= 0.6 is 0 Å². The van der Waals surface area contributed by atoms with Gasteiger partial charge >= 0.3 is 75.3 Å². The normalized spacial score (nSPS) is 9.15. The molecule has 0 unspecified atom stereocenters. The Hall–Kier alpha value is 0.247. The second-order valence-corrected chi connectivity index (χ2v) is 2.43. The number of benzene rings is 1. The molecule has 0 aliphatic heterocycles. The fourth-order valence-corrected chi connectivity index (χ4v) is 0.896. The van der Waals surface area contributed by atoms with Gasteiger partial charge in [-0.25, -0.2) is 10.5 Å². The number of rotatable bonds is 1. The number of hydrogen-bond acceptors (Lipinski definition) is 2. The summed E-state index contributed by atoms with van der Waals surface area (Å²) in [6, 6.07) is 7.77. The van der Waals surface area contributed by atoms with Gasteiger partial charge in [-0.05, 0) is 0 Å². The molecule has 1 aromatic rings. The number of nitriles is 2. The van der Waals surface area contributed by atoms with Gasteiger partial charge in [0, 0.05) is 0 Å². The number of hydrogen-bond donors (Lipinski definition) is 0. The Kier molecular flexibility index (Phi) is 5.98. The summed E-state index contributed by atoms with van der Waals surface area (Å²) in [6.45, 7) is 0. The van der Waals surface area contributed by atoms with Crippen molar-refractivity contribution < 1.29 is 73.2 Å². The quantitative estimate of drug-likeness (QED) is 0.559. The molecule has 1 rings (SSSR count).